The van der Waals surface area contributed by atoms with E-state index in [2.05, 4.69) is 20.4 Å². The van der Waals surface area contributed by atoms with Gasteiger partial charge in [-0.1, -0.05) is 12.1 Å². The van der Waals surface area contributed by atoms with Gasteiger partial charge in [-0.15, -0.1) is 0 Å². The predicted molar refractivity (Wildman–Crippen MR) is 128 cm³/mol. The molecule has 1 aliphatic heterocycles. The van der Waals surface area contributed by atoms with Gasteiger partial charge in [-0.25, -0.2) is 14.1 Å². The van der Waals surface area contributed by atoms with Crippen molar-refractivity contribution < 1.29 is 14.6 Å². The van der Waals surface area contributed by atoms with Crippen LogP contribution in [-0.2, 0) is 12.6 Å². The van der Waals surface area contributed by atoms with Crippen molar-refractivity contribution in [2.75, 3.05) is 18.4 Å². The molecule has 0 aliphatic carbocycles. The van der Waals surface area contributed by atoms with E-state index in [0.717, 1.165) is 19.3 Å². The molecule has 0 bridgehead atoms. The van der Waals surface area contributed by atoms with Gasteiger partial charge in [0.1, 0.15) is 22.9 Å². The first-order chi connectivity index (χ1) is 15.7. The number of nitrogens with zero attached hydrogens (tertiary/aromatic N) is 4. The van der Waals surface area contributed by atoms with Crippen LogP contribution in [0.2, 0.25) is 0 Å². The van der Waals surface area contributed by atoms with Crippen molar-refractivity contribution in [3.63, 3.8) is 0 Å². The van der Waals surface area contributed by atoms with E-state index in [1.54, 1.807) is 17.0 Å². The number of para-hydroxylation sites is 2. The average Bonchev–Trinajstić information content (AvgIpc) is 3.20. The summed E-state index contributed by atoms with van der Waals surface area (Å²) < 4.78 is 16.2. The molecule has 1 saturated heterocycles. The Morgan fingerprint density at radius 1 is 1.21 bits per heavy atom. The lowest BCUT2D eigenvalue weighted by Crippen LogP contribution is -2.60. The number of H-pyrrole nitrogens is 1. The number of anilines is 2. The van der Waals surface area contributed by atoms with Gasteiger partial charge < -0.3 is 20.5 Å². The van der Waals surface area contributed by atoms with Crippen molar-refractivity contribution >= 4 is 45.0 Å². The molecule has 4 N–H and O–H groups in total. The van der Waals surface area contributed by atoms with Crippen LogP contribution >= 0.6 is 22.6 Å². The summed E-state index contributed by atoms with van der Waals surface area (Å²) in [4.78, 5) is 21.4. The molecule has 1 aliphatic rings. The molecule has 5 rings (SSSR count). The van der Waals surface area contributed by atoms with Crippen LogP contribution in [0, 0.1) is 9.39 Å². The second-order valence-electron chi connectivity index (χ2n) is 8.07. The monoisotopic (exact) mass is 562 g/mol. The number of hydrogen-bond acceptors (Lipinski definition) is 7. The number of aryl methyl sites for hydroxylation is 1. The smallest absolute Gasteiger partial charge is 0.268 e. The first-order valence-corrected chi connectivity index (χ1v) is 11.2. The van der Waals surface area contributed by atoms with E-state index in [-0.39, 0.29) is 30.2 Å². The van der Waals surface area contributed by atoms with Crippen molar-refractivity contribution in [1.29, 1.82) is 0 Å². The van der Waals surface area contributed by atoms with E-state index in [4.69, 9.17) is 0 Å². The molecule has 0 amide bonds. The Labute approximate surface area is 201 Å². The zero-order valence-corrected chi connectivity index (χ0v) is 19.6. The Hall–Kier alpha value is -2.87. The van der Waals surface area contributed by atoms with Gasteiger partial charge in [-0.3, -0.25) is 9.69 Å². The molecule has 1 unspecified atom stereocenters. The number of benzene rings is 2. The molecule has 9 nitrogen and oxygen atoms in total. The first-order valence-electron chi connectivity index (χ1n) is 10.1. The second kappa shape index (κ2) is 8.17. The van der Waals surface area contributed by atoms with Gasteiger partial charge in [0, 0.05) is 29.8 Å². The van der Waals surface area contributed by atoms with Gasteiger partial charge in [0.2, 0.25) is 0 Å². The summed E-state index contributed by atoms with van der Waals surface area (Å²) >= 11 is 2.00. The average molecular weight is 562 g/mol. The minimum atomic E-state index is -1.27. The van der Waals surface area contributed by atoms with Crippen molar-refractivity contribution in [2.45, 2.75) is 11.8 Å². The van der Waals surface area contributed by atoms with E-state index in [1.165, 1.54) is 19.2 Å². The van der Waals surface area contributed by atoms with E-state index in [1.807, 2.05) is 46.9 Å². The van der Waals surface area contributed by atoms with E-state index >= 15 is 0 Å². The number of hydrogen-bond donors (Lipinski definition) is 4. The SMILES string of the molecule is Cn1nc(C(O)N2CC(O)(c3nc4ccccc4[nH]3)C2)c(Nc2ccc(I)cc2F)cc1=O. The molecule has 2 aromatic heterocycles. The highest BCUT2D eigenvalue weighted by Gasteiger charge is 2.48. The molecule has 170 valence electrons. The zero-order chi connectivity index (χ0) is 23.3. The number of rotatable bonds is 5. The summed E-state index contributed by atoms with van der Waals surface area (Å²) in [6.07, 6.45) is -1.24. The summed E-state index contributed by atoms with van der Waals surface area (Å²) in [5.74, 6) is -0.0777. The number of aromatic amines is 1. The second-order valence-corrected chi connectivity index (χ2v) is 9.31. The van der Waals surface area contributed by atoms with Gasteiger partial charge in [0.05, 0.1) is 22.4 Å². The zero-order valence-electron chi connectivity index (χ0n) is 17.5. The first kappa shape index (κ1) is 21.9. The van der Waals surface area contributed by atoms with Crippen molar-refractivity contribution in [3.05, 3.63) is 79.8 Å². The summed E-state index contributed by atoms with van der Waals surface area (Å²) in [6.45, 7) is 0.186. The summed E-state index contributed by atoms with van der Waals surface area (Å²) in [5.41, 5.74) is 0.349. The fourth-order valence-corrected chi connectivity index (χ4v) is 4.33. The van der Waals surface area contributed by atoms with Crippen LogP contribution in [0.4, 0.5) is 15.8 Å². The summed E-state index contributed by atoms with van der Waals surface area (Å²) in [6, 6.07) is 13.3. The molecule has 0 radical (unpaired) electrons. The number of aliphatic hydroxyl groups is 2. The minimum Gasteiger partial charge on any atom is -0.379 e. The number of halogens is 2. The Morgan fingerprint density at radius 3 is 2.70 bits per heavy atom. The van der Waals surface area contributed by atoms with E-state index in [9.17, 15) is 19.4 Å². The number of fused-ring (bicyclic) bond motifs is 1. The van der Waals surface area contributed by atoms with Gasteiger partial charge in [-0.2, -0.15) is 5.10 Å². The highest BCUT2D eigenvalue weighted by atomic mass is 127. The lowest BCUT2D eigenvalue weighted by molar-refractivity contribution is -0.172. The number of aliphatic hydroxyl groups excluding tert-OH is 1. The van der Waals surface area contributed by atoms with Gasteiger partial charge in [0.25, 0.3) is 5.56 Å². The molecular formula is C22H20FIN6O3. The quantitative estimate of drug-likeness (QED) is 0.276. The van der Waals surface area contributed by atoms with E-state index < -0.39 is 23.2 Å². The Bertz CT molecular complexity index is 1380. The predicted octanol–water partition coefficient (Wildman–Crippen LogP) is 2.34. The Balaban J connectivity index is 1.41. The molecule has 3 heterocycles. The van der Waals surface area contributed by atoms with Crippen LogP contribution in [0.3, 0.4) is 0 Å². The van der Waals surface area contributed by atoms with Gasteiger partial charge in [0.15, 0.2) is 6.23 Å². The number of nitrogens with one attached hydrogen (secondary N) is 2. The molecule has 33 heavy (non-hydrogen) atoms. The lowest BCUT2D eigenvalue weighted by atomic mass is 9.92. The maximum absolute atomic E-state index is 14.4. The minimum absolute atomic E-state index is 0.0931. The van der Waals surface area contributed by atoms with Gasteiger partial charge in [-0.05, 0) is 52.9 Å². The number of likely N-dealkylation sites (tertiary alicyclic amines) is 1. The van der Waals surface area contributed by atoms with Crippen LogP contribution in [0.1, 0.15) is 17.7 Å². The standard InChI is InChI=1S/C22H20FIN6O3/c1-29-18(31)9-17(25-14-7-6-12(24)8-13(14)23)19(28-29)20(32)30-10-22(33,11-30)21-26-15-4-2-3-5-16(15)27-21/h2-9,20,25,32-33H,10-11H2,1H3,(H,26,27). The highest BCUT2D eigenvalue weighted by Crippen LogP contribution is 2.37. The maximum Gasteiger partial charge on any atom is 0.268 e. The lowest BCUT2D eigenvalue weighted by Gasteiger charge is -2.47. The number of aromatic nitrogens is 4. The van der Waals surface area contributed by atoms with Crippen LogP contribution in [-0.4, -0.2) is 48.0 Å². The van der Waals surface area contributed by atoms with Crippen LogP contribution in [0.25, 0.3) is 11.0 Å². The third-order valence-corrected chi connectivity index (χ3v) is 6.34. The number of imidazole rings is 1. The molecule has 0 spiro atoms. The molecule has 4 aromatic rings. The molecule has 1 atom stereocenters. The van der Waals surface area contributed by atoms with Crippen LogP contribution < -0.4 is 10.9 Å². The van der Waals surface area contributed by atoms with E-state index in [0.29, 0.717) is 5.82 Å². The molecule has 1 fully saturated rings. The van der Waals surface area contributed by atoms with Crippen molar-refractivity contribution in [3.8, 4) is 0 Å². The summed E-state index contributed by atoms with van der Waals surface area (Å²) in [5, 5.41) is 29.1. The normalized spacial score (nSPS) is 16.5. The van der Waals surface area contributed by atoms with Crippen LogP contribution in [0.15, 0.2) is 53.3 Å². The number of β-amino-alcohol motifs (C(OH)–C–C–N with tert-alkyl or cyclic N) is 1. The fraction of sp³-hybridized carbons (Fsp3) is 0.227. The third kappa shape index (κ3) is 4.01. The highest BCUT2D eigenvalue weighted by molar-refractivity contribution is 14.1. The van der Waals surface area contributed by atoms with Crippen molar-refractivity contribution in [1.82, 2.24) is 24.6 Å². The maximum atomic E-state index is 14.4. The molecule has 11 heteroatoms. The molecule has 2 aromatic carbocycles. The van der Waals surface area contributed by atoms with Crippen LogP contribution in [0.5, 0.6) is 0 Å². The van der Waals surface area contributed by atoms with Gasteiger partial charge >= 0.3 is 0 Å². The van der Waals surface area contributed by atoms with Crippen molar-refractivity contribution in [2.24, 2.45) is 7.05 Å². The Kier molecular flexibility index (Phi) is 5.43. The molecular weight excluding hydrogens is 542 g/mol. The fourth-order valence-electron chi connectivity index (χ4n) is 3.88. The summed E-state index contributed by atoms with van der Waals surface area (Å²) in [7, 11) is 1.47. The molecule has 0 saturated carbocycles. The largest absolute Gasteiger partial charge is 0.379 e. The third-order valence-electron chi connectivity index (χ3n) is 5.67. The Morgan fingerprint density at radius 2 is 1.97 bits per heavy atom. The topological polar surface area (TPSA) is 119 Å².